The highest BCUT2D eigenvalue weighted by molar-refractivity contribution is 4.99. The van der Waals surface area contributed by atoms with Crippen molar-refractivity contribution in [1.29, 1.82) is 0 Å². The highest BCUT2D eigenvalue weighted by Gasteiger charge is 2.25. The minimum atomic E-state index is 0.00993. The molecule has 0 spiro atoms. The van der Waals surface area contributed by atoms with Crippen LogP contribution in [0.15, 0.2) is 4.52 Å². The SMILES string of the molecule is COCCc1noc(C(C(C)C)C(C)N)n1. The predicted octanol–water partition coefficient (Wildman–Crippen LogP) is 1.35. The van der Waals surface area contributed by atoms with Gasteiger partial charge >= 0.3 is 0 Å². The van der Waals surface area contributed by atoms with E-state index in [1.807, 2.05) is 6.92 Å². The van der Waals surface area contributed by atoms with Crippen LogP contribution in [0.2, 0.25) is 0 Å². The summed E-state index contributed by atoms with van der Waals surface area (Å²) in [4.78, 5) is 4.35. The zero-order chi connectivity index (χ0) is 12.1. The Kier molecular flexibility index (Phi) is 4.89. The van der Waals surface area contributed by atoms with Gasteiger partial charge in [0.15, 0.2) is 5.82 Å². The third-order valence-electron chi connectivity index (χ3n) is 2.58. The van der Waals surface area contributed by atoms with Crippen LogP contribution >= 0.6 is 0 Å². The topological polar surface area (TPSA) is 74.2 Å². The molecule has 92 valence electrons. The van der Waals surface area contributed by atoms with Gasteiger partial charge in [0.25, 0.3) is 0 Å². The Morgan fingerprint density at radius 1 is 1.38 bits per heavy atom. The molecule has 0 aromatic carbocycles. The van der Waals surface area contributed by atoms with Crippen LogP contribution in [0, 0.1) is 5.92 Å². The Morgan fingerprint density at radius 2 is 2.06 bits per heavy atom. The summed E-state index contributed by atoms with van der Waals surface area (Å²) in [5, 5.41) is 3.92. The summed E-state index contributed by atoms with van der Waals surface area (Å²) in [7, 11) is 1.65. The van der Waals surface area contributed by atoms with E-state index in [0.29, 0.717) is 30.7 Å². The standard InChI is InChI=1S/C11H21N3O2/c1-7(2)10(8(3)12)11-13-9(14-16-11)5-6-15-4/h7-8,10H,5-6,12H2,1-4H3. The van der Waals surface area contributed by atoms with E-state index in [1.54, 1.807) is 7.11 Å². The van der Waals surface area contributed by atoms with Gasteiger partial charge in [0.1, 0.15) is 0 Å². The summed E-state index contributed by atoms with van der Waals surface area (Å²) in [6, 6.07) is 0.00993. The van der Waals surface area contributed by atoms with Gasteiger partial charge in [-0.05, 0) is 12.8 Å². The molecule has 0 saturated heterocycles. The Morgan fingerprint density at radius 3 is 2.56 bits per heavy atom. The van der Waals surface area contributed by atoms with Crippen molar-refractivity contribution in [2.45, 2.75) is 39.2 Å². The smallest absolute Gasteiger partial charge is 0.231 e. The molecule has 0 fully saturated rings. The van der Waals surface area contributed by atoms with E-state index < -0.39 is 0 Å². The van der Waals surface area contributed by atoms with Gasteiger partial charge in [0.05, 0.1) is 12.5 Å². The predicted molar refractivity (Wildman–Crippen MR) is 61.1 cm³/mol. The number of hydrogen-bond donors (Lipinski definition) is 1. The first-order chi connectivity index (χ1) is 7.56. The molecule has 2 N–H and O–H groups in total. The number of hydrogen-bond acceptors (Lipinski definition) is 5. The van der Waals surface area contributed by atoms with Crippen LogP contribution in [0.4, 0.5) is 0 Å². The molecule has 2 atom stereocenters. The van der Waals surface area contributed by atoms with Gasteiger partial charge in [-0.3, -0.25) is 0 Å². The molecule has 0 aliphatic carbocycles. The van der Waals surface area contributed by atoms with Gasteiger partial charge in [-0.1, -0.05) is 19.0 Å². The molecule has 0 bridgehead atoms. The van der Waals surface area contributed by atoms with E-state index in [1.165, 1.54) is 0 Å². The Bertz CT molecular complexity index is 302. The van der Waals surface area contributed by atoms with Crippen molar-refractivity contribution in [2.75, 3.05) is 13.7 Å². The van der Waals surface area contributed by atoms with Gasteiger partial charge in [-0.15, -0.1) is 0 Å². The molecule has 1 aromatic heterocycles. The lowest BCUT2D eigenvalue weighted by Crippen LogP contribution is -2.28. The number of ether oxygens (including phenoxy) is 1. The highest BCUT2D eigenvalue weighted by atomic mass is 16.5. The molecule has 0 amide bonds. The molecular weight excluding hydrogens is 206 g/mol. The minimum absolute atomic E-state index is 0.00993. The van der Waals surface area contributed by atoms with Crippen LogP contribution in [0.25, 0.3) is 0 Å². The molecule has 5 heteroatoms. The first-order valence-electron chi connectivity index (χ1n) is 5.63. The molecule has 0 aliphatic rings. The lowest BCUT2D eigenvalue weighted by molar-refractivity contribution is 0.199. The molecule has 1 rings (SSSR count). The maximum absolute atomic E-state index is 5.93. The molecule has 0 radical (unpaired) electrons. The van der Waals surface area contributed by atoms with Crippen molar-refractivity contribution in [3.05, 3.63) is 11.7 Å². The fourth-order valence-corrected chi connectivity index (χ4v) is 1.81. The number of nitrogens with zero attached hydrogens (tertiary/aromatic N) is 2. The zero-order valence-electron chi connectivity index (χ0n) is 10.4. The van der Waals surface area contributed by atoms with Crippen molar-refractivity contribution in [3.63, 3.8) is 0 Å². The molecule has 16 heavy (non-hydrogen) atoms. The van der Waals surface area contributed by atoms with Gasteiger partial charge < -0.3 is 15.0 Å². The van der Waals surface area contributed by atoms with Crippen LogP contribution in [0.3, 0.4) is 0 Å². The van der Waals surface area contributed by atoms with E-state index in [4.69, 9.17) is 15.0 Å². The lowest BCUT2D eigenvalue weighted by atomic mass is 9.90. The van der Waals surface area contributed by atoms with Crippen molar-refractivity contribution in [3.8, 4) is 0 Å². The number of rotatable bonds is 6. The molecule has 0 aliphatic heterocycles. The van der Waals surface area contributed by atoms with Gasteiger partial charge in [0, 0.05) is 19.6 Å². The first-order valence-corrected chi connectivity index (χ1v) is 5.63. The molecule has 5 nitrogen and oxygen atoms in total. The van der Waals surface area contributed by atoms with Crippen LogP contribution in [0.1, 0.15) is 38.4 Å². The fourth-order valence-electron chi connectivity index (χ4n) is 1.81. The van der Waals surface area contributed by atoms with Crippen LogP contribution < -0.4 is 5.73 Å². The second kappa shape index (κ2) is 5.96. The van der Waals surface area contributed by atoms with Crippen LogP contribution in [-0.2, 0) is 11.2 Å². The quantitative estimate of drug-likeness (QED) is 0.794. The maximum atomic E-state index is 5.93. The van der Waals surface area contributed by atoms with Gasteiger partial charge in [0.2, 0.25) is 5.89 Å². The summed E-state index contributed by atoms with van der Waals surface area (Å²) >= 11 is 0. The minimum Gasteiger partial charge on any atom is -0.384 e. The zero-order valence-corrected chi connectivity index (χ0v) is 10.4. The average Bonchev–Trinajstić information content (AvgIpc) is 2.62. The highest BCUT2D eigenvalue weighted by Crippen LogP contribution is 2.25. The number of aromatic nitrogens is 2. The number of nitrogens with two attached hydrogens (primary N) is 1. The molecule has 1 aromatic rings. The van der Waals surface area contributed by atoms with Gasteiger partial charge in [-0.25, -0.2) is 0 Å². The van der Waals surface area contributed by atoms with E-state index >= 15 is 0 Å². The van der Waals surface area contributed by atoms with E-state index in [0.717, 1.165) is 0 Å². The average molecular weight is 227 g/mol. The van der Waals surface area contributed by atoms with Crippen molar-refractivity contribution in [2.24, 2.45) is 11.7 Å². The summed E-state index contributed by atoms with van der Waals surface area (Å²) in [6.45, 7) is 6.77. The Hall–Kier alpha value is -0.940. The summed E-state index contributed by atoms with van der Waals surface area (Å²) in [5.41, 5.74) is 5.93. The normalized spacial score (nSPS) is 15.4. The summed E-state index contributed by atoms with van der Waals surface area (Å²) in [5.74, 6) is 1.82. The lowest BCUT2D eigenvalue weighted by Gasteiger charge is -2.20. The molecule has 1 heterocycles. The molecule has 2 unspecified atom stereocenters. The maximum Gasteiger partial charge on any atom is 0.231 e. The molecule has 0 saturated carbocycles. The van der Waals surface area contributed by atoms with Gasteiger partial charge in [-0.2, -0.15) is 4.98 Å². The van der Waals surface area contributed by atoms with E-state index in [9.17, 15) is 0 Å². The first kappa shape index (κ1) is 13.1. The van der Waals surface area contributed by atoms with E-state index in [2.05, 4.69) is 24.0 Å². The Balaban J connectivity index is 2.74. The monoisotopic (exact) mass is 227 g/mol. The second-order valence-electron chi connectivity index (χ2n) is 4.42. The van der Waals surface area contributed by atoms with Crippen molar-refractivity contribution >= 4 is 0 Å². The van der Waals surface area contributed by atoms with Crippen LogP contribution in [-0.4, -0.2) is 29.9 Å². The largest absolute Gasteiger partial charge is 0.384 e. The van der Waals surface area contributed by atoms with E-state index in [-0.39, 0.29) is 12.0 Å². The summed E-state index contributed by atoms with van der Waals surface area (Å²) < 4.78 is 10.2. The summed E-state index contributed by atoms with van der Waals surface area (Å²) in [6.07, 6.45) is 0.670. The fraction of sp³-hybridized carbons (Fsp3) is 0.818. The third kappa shape index (κ3) is 3.28. The number of methoxy groups -OCH3 is 1. The van der Waals surface area contributed by atoms with Crippen LogP contribution in [0.5, 0.6) is 0 Å². The van der Waals surface area contributed by atoms with Crippen molar-refractivity contribution < 1.29 is 9.26 Å². The van der Waals surface area contributed by atoms with Crippen molar-refractivity contribution in [1.82, 2.24) is 10.1 Å². The third-order valence-corrected chi connectivity index (χ3v) is 2.58. The Labute approximate surface area is 96.4 Å². The molecular formula is C11H21N3O2. The second-order valence-corrected chi connectivity index (χ2v) is 4.42.